The van der Waals surface area contributed by atoms with E-state index in [1.54, 1.807) is 29.9 Å². The number of fused-ring (bicyclic) bond motifs is 1. The van der Waals surface area contributed by atoms with E-state index in [0.717, 1.165) is 13.1 Å². The zero-order valence-corrected chi connectivity index (χ0v) is 15.2. The average molecular weight is 355 g/mol. The summed E-state index contributed by atoms with van der Waals surface area (Å²) in [5.41, 5.74) is 1.75. The third-order valence-corrected chi connectivity index (χ3v) is 4.16. The van der Waals surface area contributed by atoms with Gasteiger partial charge in [0.15, 0.2) is 11.4 Å². The Bertz CT molecular complexity index is 969. The molecule has 1 N–H and O–H groups in total. The molecule has 9 heteroatoms. The van der Waals surface area contributed by atoms with Crippen LogP contribution in [0.4, 0.5) is 11.6 Å². The number of ketones is 1. The molecule has 0 atom stereocenters. The minimum Gasteiger partial charge on any atom is -0.340 e. The fraction of sp³-hybridized carbons (Fsp3) is 0.353. The van der Waals surface area contributed by atoms with Crippen LogP contribution < -0.4 is 10.2 Å². The van der Waals surface area contributed by atoms with Gasteiger partial charge in [-0.15, -0.1) is 5.10 Å². The first-order valence-electron chi connectivity index (χ1n) is 8.40. The Kier molecular flexibility index (Phi) is 4.70. The van der Waals surface area contributed by atoms with Gasteiger partial charge in [0.2, 0.25) is 5.95 Å². The summed E-state index contributed by atoms with van der Waals surface area (Å²) in [7, 11) is 1.62. The number of rotatable bonds is 6. The third-order valence-electron chi connectivity index (χ3n) is 4.16. The van der Waals surface area contributed by atoms with Crippen molar-refractivity contribution in [2.75, 3.05) is 23.3 Å². The smallest absolute Gasteiger partial charge is 0.274 e. The number of nitrogens with one attached hydrogen (secondary N) is 1. The van der Waals surface area contributed by atoms with Crippen LogP contribution in [0.5, 0.6) is 0 Å². The average Bonchev–Trinajstić information content (AvgIpc) is 3.19. The summed E-state index contributed by atoms with van der Waals surface area (Å²) in [5.74, 6) is 0.0291. The van der Waals surface area contributed by atoms with Crippen LogP contribution in [0.15, 0.2) is 24.5 Å². The number of hydrogen-bond donors (Lipinski definition) is 1. The number of aryl methyl sites for hydroxylation is 1. The van der Waals surface area contributed by atoms with Gasteiger partial charge in [-0.3, -0.25) is 14.3 Å². The van der Waals surface area contributed by atoms with Crippen LogP contribution in [0.1, 0.15) is 41.6 Å². The molecule has 0 aromatic carbocycles. The second-order valence-electron chi connectivity index (χ2n) is 5.85. The molecule has 0 bridgehead atoms. The summed E-state index contributed by atoms with van der Waals surface area (Å²) < 4.78 is 3.01. The predicted octanol–water partition coefficient (Wildman–Crippen LogP) is 1.76. The van der Waals surface area contributed by atoms with Gasteiger partial charge >= 0.3 is 0 Å². The van der Waals surface area contributed by atoms with E-state index in [9.17, 15) is 9.59 Å². The zero-order chi connectivity index (χ0) is 18.8. The van der Waals surface area contributed by atoms with E-state index in [2.05, 4.69) is 20.5 Å². The van der Waals surface area contributed by atoms with Crippen molar-refractivity contribution in [1.29, 1.82) is 0 Å². The number of nitrogens with zero attached hydrogens (tertiary/aromatic N) is 6. The van der Waals surface area contributed by atoms with Gasteiger partial charge in [0.05, 0.1) is 23.6 Å². The third kappa shape index (κ3) is 3.15. The number of pyridine rings is 1. The molecule has 3 aromatic heterocycles. The maximum absolute atomic E-state index is 12.6. The first kappa shape index (κ1) is 17.6. The van der Waals surface area contributed by atoms with E-state index in [0.29, 0.717) is 17.3 Å². The Balaban J connectivity index is 1.88. The number of carbonyl (C=O) groups excluding carboxylic acids is 2. The highest BCUT2D eigenvalue weighted by molar-refractivity contribution is 6.11. The first-order chi connectivity index (χ1) is 12.4. The summed E-state index contributed by atoms with van der Waals surface area (Å²) in [4.78, 5) is 30.8. The fourth-order valence-electron chi connectivity index (χ4n) is 2.74. The standard InChI is InChI=1S/C17H21N7O2/c1-5-23(6-2)17-20-14-8-7-12(10-24(14)21-17)19-16(26)15-13(11(3)25)9-18-22(15)4/h7-10H,5-6H2,1-4H3,(H,19,26). The van der Waals surface area contributed by atoms with Crippen molar-refractivity contribution in [3.8, 4) is 0 Å². The number of carbonyl (C=O) groups is 2. The Morgan fingerprint density at radius 3 is 2.62 bits per heavy atom. The van der Waals surface area contributed by atoms with Gasteiger partial charge in [-0.25, -0.2) is 4.52 Å². The molecule has 0 fully saturated rings. The lowest BCUT2D eigenvalue weighted by molar-refractivity contribution is 0.0980. The summed E-state index contributed by atoms with van der Waals surface area (Å²) in [6, 6.07) is 3.53. The van der Waals surface area contributed by atoms with E-state index in [-0.39, 0.29) is 17.0 Å². The minimum absolute atomic E-state index is 0.209. The van der Waals surface area contributed by atoms with Crippen LogP contribution in [-0.4, -0.2) is 49.2 Å². The molecule has 0 aliphatic heterocycles. The number of anilines is 2. The normalized spacial score (nSPS) is 10.9. The lowest BCUT2D eigenvalue weighted by Gasteiger charge is -2.14. The highest BCUT2D eigenvalue weighted by Crippen LogP contribution is 2.16. The number of hydrogen-bond acceptors (Lipinski definition) is 6. The molecule has 0 unspecified atom stereocenters. The largest absolute Gasteiger partial charge is 0.340 e. The van der Waals surface area contributed by atoms with Crippen LogP contribution >= 0.6 is 0 Å². The molecule has 1 amide bonds. The van der Waals surface area contributed by atoms with Crippen LogP contribution in [0.2, 0.25) is 0 Å². The topological polar surface area (TPSA) is 97.4 Å². The van der Waals surface area contributed by atoms with Gasteiger partial charge in [0.1, 0.15) is 5.69 Å². The van der Waals surface area contributed by atoms with Gasteiger partial charge in [-0.1, -0.05) is 0 Å². The molecule has 0 aliphatic carbocycles. The second-order valence-corrected chi connectivity index (χ2v) is 5.85. The van der Waals surface area contributed by atoms with Crippen molar-refractivity contribution in [3.63, 3.8) is 0 Å². The minimum atomic E-state index is -0.404. The van der Waals surface area contributed by atoms with Crippen molar-refractivity contribution in [3.05, 3.63) is 35.8 Å². The second kappa shape index (κ2) is 6.95. The van der Waals surface area contributed by atoms with Crippen LogP contribution in [0, 0.1) is 0 Å². The molecule has 0 aliphatic rings. The Morgan fingerprint density at radius 1 is 1.23 bits per heavy atom. The van der Waals surface area contributed by atoms with Gasteiger partial charge in [-0.2, -0.15) is 10.1 Å². The monoisotopic (exact) mass is 355 g/mol. The van der Waals surface area contributed by atoms with Crippen LogP contribution in [0.3, 0.4) is 0 Å². The predicted molar refractivity (Wildman–Crippen MR) is 97.7 cm³/mol. The lowest BCUT2D eigenvalue weighted by atomic mass is 10.1. The molecular weight excluding hydrogens is 334 g/mol. The van der Waals surface area contributed by atoms with E-state index < -0.39 is 5.91 Å². The van der Waals surface area contributed by atoms with E-state index in [1.165, 1.54) is 17.8 Å². The summed E-state index contributed by atoms with van der Waals surface area (Å²) >= 11 is 0. The van der Waals surface area contributed by atoms with E-state index in [1.807, 2.05) is 18.7 Å². The van der Waals surface area contributed by atoms with Gasteiger partial charge in [-0.05, 0) is 32.9 Å². The fourth-order valence-corrected chi connectivity index (χ4v) is 2.74. The van der Waals surface area contributed by atoms with Crippen molar-refractivity contribution in [2.24, 2.45) is 7.05 Å². The molecule has 26 heavy (non-hydrogen) atoms. The molecular formula is C17H21N7O2. The van der Waals surface area contributed by atoms with Crippen molar-refractivity contribution < 1.29 is 9.59 Å². The van der Waals surface area contributed by atoms with Gasteiger partial charge in [0, 0.05) is 20.1 Å². The number of amides is 1. The van der Waals surface area contributed by atoms with Crippen molar-refractivity contribution >= 4 is 29.0 Å². The number of Topliss-reactive ketones (excluding diaryl/α,β-unsaturated/α-hetero) is 1. The maximum Gasteiger partial charge on any atom is 0.274 e. The Morgan fingerprint density at radius 2 is 1.96 bits per heavy atom. The first-order valence-corrected chi connectivity index (χ1v) is 8.40. The van der Waals surface area contributed by atoms with Crippen LogP contribution in [-0.2, 0) is 7.05 Å². The van der Waals surface area contributed by atoms with E-state index >= 15 is 0 Å². The van der Waals surface area contributed by atoms with Gasteiger partial charge < -0.3 is 10.2 Å². The SMILES string of the molecule is CCN(CC)c1nc2ccc(NC(=O)c3c(C(C)=O)cnn3C)cn2n1. The van der Waals surface area contributed by atoms with Gasteiger partial charge in [0.25, 0.3) is 5.91 Å². The quantitative estimate of drug-likeness (QED) is 0.677. The van der Waals surface area contributed by atoms with Crippen molar-refractivity contribution in [2.45, 2.75) is 20.8 Å². The number of aromatic nitrogens is 5. The molecule has 9 nitrogen and oxygen atoms in total. The molecule has 0 saturated heterocycles. The Hall–Kier alpha value is -3.23. The summed E-state index contributed by atoms with van der Waals surface area (Å²) in [5, 5.41) is 11.2. The van der Waals surface area contributed by atoms with Crippen LogP contribution in [0.25, 0.3) is 5.65 Å². The molecule has 3 rings (SSSR count). The molecule has 0 radical (unpaired) electrons. The molecule has 0 spiro atoms. The highest BCUT2D eigenvalue weighted by Gasteiger charge is 2.20. The molecule has 3 heterocycles. The molecule has 0 saturated carbocycles. The van der Waals surface area contributed by atoms with Crippen molar-refractivity contribution in [1.82, 2.24) is 24.4 Å². The molecule has 136 valence electrons. The Labute approximate surface area is 150 Å². The highest BCUT2D eigenvalue weighted by atomic mass is 16.2. The zero-order valence-electron chi connectivity index (χ0n) is 15.2. The summed E-state index contributed by atoms with van der Waals surface area (Å²) in [6.45, 7) is 7.11. The maximum atomic E-state index is 12.6. The molecule has 3 aromatic rings. The summed E-state index contributed by atoms with van der Waals surface area (Å²) in [6.07, 6.45) is 3.09. The lowest BCUT2D eigenvalue weighted by Crippen LogP contribution is -2.23. The van der Waals surface area contributed by atoms with E-state index in [4.69, 9.17) is 0 Å².